The van der Waals surface area contributed by atoms with Gasteiger partial charge in [-0.25, -0.2) is 19.2 Å². The van der Waals surface area contributed by atoms with Crippen molar-refractivity contribution in [3.05, 3.63) is 215 Å². The summed E-state index contributed by atoms with van der Waals surface area (Å²) in [5, 5.41) is 8.68. The van der Waals surface area contributed by atoms with Crippen LogP contribution < -0.4 is 0 Å². The van der Waals surface area contributed by atoms with Gasteiger partial charge in [0.05, 0.1) is 46.6 Å². The summed E-state index contributed by atoms with van der Waals surface area (Å²) in [6.07, 6.45) is -16.9. The fraction of sp³-hybridized carbons (Fsp3) is 0.254. The zero-order valence-electron chi connectivity index (χ0n) is 42.7. The number of imide groups is 1. The number of nitrogens with zero attached hydrogens (tertiary/aromatic N) is 1. The summed E-state index contributed by atoms with van der Waals surface area (Å²) in [5.41, 5.74) is 0.670. The SMILES string of the molecule is CC(=O)O[C@H]1[C@H](O[C@@H]2O[C@H](COC(=O)c3ccccc3)[C@H](OC(=O)c3ccccc3)[C@H](OC(=O)c3ccccc3)[C@H]2OC(=O)c2ccccc2)[C@@H](COCc2ccccc2)O[C@@H](OC(=N)C(Cl)(Cl)Cl)[C@@H]1N1C(=O)c2ccccc2C1=O. The zero-order chi connectivity index (χ0) is 57.2. The molecule has 3 aliphatic rings. The highest BCUT2D eigenvalue weighted by Crippen LogP contribution is 2.40. The van der Waals surface area contributed by atoms with E-state index in [1.54, 1.807) is 103 Å². The molecular formula is C59H49Cl3N2O17. The molecule has 81 heavy (non-hydrogen) atoms. The molecule has 0 aromatic heterocycles. The molecule has 22 heteroatoms. The largest absolute Gasteiger partial charge is 0.459 e. The molecule has 418 valence electrons. The molecule has 9 rings (SSSR count). The van der Waals surface area contributed by atoms with E-state index in [4.69, 9.17) is 87.6 Å². The Labute approximate surface area is 478 Å². The van der Waals surface area contributed by atoms with E-state index in [1.807, 2.05) is 0 Å². The monoisotopic (exact) mass is 1160 g/mol. The van der Waals surface area contributed by atoms with Gasteiger partial charge in [-0.2, -0.15) is 0 Å². The number of hydrogen-bond donors (Lipinski definition) is 1. The first-order valence-electron chi connectivity index (χ1n) is 25.1. The van der Waals surface area contributed by atoms with Crippen LogP contribution in [0.2, 0.25) is 0 Å². The van der Waals surface area contributed by atoms with Gasteiger partial charge in [0.2, 0.25) is 12.2 Å². The fourth-order valence-electron chi connectivity index (χ4n) is 9.21. The molecule has 6 aromatic rings. The van der Waals surface area contributed by atoms with Crippen molar-refractivity contribution in [2.24, 2.45) is 0 Å². The first kappa shape index (κ1) is 57.7. The third-order valence-electron chi connectivity index (χ3n) is 13.0. The van der Waals surface area contributed by atoms with Gasteiger partial charge < -0.3 is 47.4 Å². The normalized spacial score (nSPS) is 23.3. The van der Waals surface area contributed by atoms with E-state index in [2.05, 4.69) is 0 Å². The number of esters is 5. The van der Waals surface area contributed by atoms with E-state index in [-0.39, 0.29) is 40.0 Å². The third kappa shape index (κ3) is 13.8. The quantitative estimate of drug-likeness (QED) is 0.0212. The van der Waals surface area contributed by atoms with Gasteiger partial charge in [-0.05, 0) is 66.2 Å². The number of rotatable bonds is 18. The summed E-state index contributed by atoms with van der Waals surface area (Å²) in [6, 6.07) is 43.6. The molecule has 0 aliphatic carbocycles. The van der Waals surface area contributed by atoms with Crippen molar-refractivity contribution in [1.29, 1.82) is 5.41 Å². The number of fused-ring (bicyclic) bond motifs is 1. The standard InChI is InChI=1S/C59H49Cl3N2O17/c1-34(65)74-47-44(64-50(66)40-29-17-18-30-41(40)51(64)67)56(81-58(63)59(60,61)62)75-42(32-72-31-35-19-7-2-8-20-35)45(47)80-57-49(79-55(71)39-27-15-6-16-28-39)48(78-54(70)38-25-13-5-14-26-38)46(77-53(69)37-23-11-4-12-24-37)43(76-57)33-73-52(68)36-21-9-3-10-22-36/h2-30,42-49,56-57,63H,31-33H2,1H3/t42-,43-,44-,45-,46+,47-,48+,49-,56+,57+/m1/s1. The Bertz CT molecular complexity index is 3200. The van der Waals surface area contributed by atoms with Crippen LogP contribution in [0.25, 0.3) is 0 Å². The summed E-state index contributed by atoms with van der Waals surface area (Å²) in [7, 11) is 0. The van der Waals surface area contributed by atoms with E-state index >= 15 is 0 Å². The predicted octanol–water partition coefficient (Wildman–Crippen LogP) is 8.53. The van der Waals surface area contributed by atoms with Gasteiger partial charge in [-0.15, -0.1) is 0 Å². The van der Waals surface area contributed by atoms with Crippen LogP contribution in [-0.4, -0.2) is 131 Å². The minimum Gasteiger partial charge on any atom is -0.459 e. The number of ether oxygens (including phenoxy) is 10. The molecule has 6 aromatic carbocycles. The summed E-state index contributed by atoms with van der Waals surface area (Å²) >= 11 is 18.5. The number of amides is 2. The van der Waals surface area contributed by atoms with Gasteiger partial charge in [0.25, 0.3) is 15.6 Å². The summed E-state index contributed by atoms with van der Waals surface area (Å²) in [6.45, 7) is -0.309. The molecule has 0 unspecified atom stereocenters. The van der Waals surface area contributed by atoms with Gasteiger partial charge in [0.15, 0.2) is 30.7 Å². The van der Waals surface area contributed by atoms with Gasteiger partial charge in [0, 0.05) is 6.92 Å². The first-order chi connectivity index (χ1) is 39.0. The highest BCUT2D eigenvalue weighted by molar-refractivity contribution is 6.76. The lowest BCUT2D eigenvalue weighted by Crippen LogP contribution is -2.70. The van der Waals surface area contributed by atoms with E-state index in [1.165, 1.54) is 72.8 Å². The Hall–Kier alpha value is -8.01. The summed E-state index contributed by atoms with van der Waals surface area (Å²) in [4.78, 5) is 100. The van der Waals surface area contributed by atoms with Crippen LogP contribution >= 0.6 is 34.8 Å². The minimum atomic E-state index is -2.56. The molecule has 0 spiro atoms. The molecule has 1 N–H and O–H groups in total. The van der Waals surface area contributed by atoms with E-state index in [9.17, 15) is 33.6 Å². The number of carbonyl (C=O) groups excluding carboxylic acids is 7. The van der Waals surface area contributed by atoms with Gasteiger partial charge in [-0.3, -0.25) is 24.7 Å². The van der Waals surface area contributed by atoms with Crippen LogP contribution in [-0.2, 0) is 58.8 Å². The van der Waals surface area contributed by atoms with Gasteiger partial charge in [0.1, 0.15) is 31.0 Å². The van der Waals surface area contributed by atoms with E-state index in [0.29, 0.717) is 10.5 Å². The lowest BCUT2D eigenvalue weighted by molar-refractivity contribution is -0.346. The maximum Gasteiger partial charge on any atom is 0.338 e. The topological polar surface area (TPSA) is 239 Å². The van der Waals surface area contributed by atoms with Crippen LogP contribution in [0.4, 0.5) is 0 Å². The number of benzene rings is 6. The molecule has 2 amide bonds. The molecule has 0 bridgehead atoms. The highest BCUT2D eigenvalue weighted by atomic mass is 35.6. The Kier molecular flexibility index (Phi) is 18.6. The van der Waals surface area contributed by atoms with E-state index in [0.717, 1.165) is 6.92 Å². The second-order valence-corrected chi connectivity index (χ2v) is 20.7. The minimum absolute atomic E-state index is 0.00345. The fourth-order valence-corrected chi connectivity index (χ4v) is 9.34. The van der Waals surface area contributed by atoms with Crippen LogP contribution in [0.15, 0.2) is 176 Å². The number of carbonyl (C=O) groups is 7. The van der Waals surface area contributed by atoms with Crippen molar-refractivity contribution >= 4 is 82.4 Å². The molecular weight excluding hydrogens is 1120 g/mol. The molecule has 2 fully saturated rings. The Balaban J connectivity index is 1.21. The van der Waals surface area contributed by atoms with Crippen molar-refractivity contribution in [3.63, 3.8) is 0 Å². The molecule has 10 atom stereocenters. The summed E-state index contributed by atoms with van der Waals surface area (Å²) in [5.74, 6) is -7.79. The Morgan fingerprint density at radius 1 is 0.494 bits per heavy atom. The molecule has 19 nitrogen and oxygen atoms in total. The Morgan fingerprint density at radius 2 is 0.914 bits per heavy atom. The van der Waals surface area contributed by atoms with Crippen LogP contribution in [0, 0.1) is 5.41 Å². The van der Waals surface area contributed by atoms with Crippen molar-refractivity contribution in [3.8, 4) is 0 Å². The lowest BCUT2D eigenvalue weighted by Gasteiger charge is -2.50. The van der Waals surface area contributed by atoms with Crippen LogP contribution in [0.5, 0.6) is 0 Å². The van der Waals surface area contributed by atoms with Crippen molar-refractivity contribution in [1.82, 2.24) is 4.90 Å². The Morgan fingerprint density at radius 3 is 1.40 bits per heavy atom. The number of halogens is 3. The van der Waals surface area contributed by atoms with Crippen molar-refractivity contribution < 1.29 is 80.9 Å². The lowest BCUT2D eigenvalue weighted by atomic mass is 9.93. The van der Waals surface area contributed by atoms with Crippen molar-refractivity contribution in [2.45, 2.75) is 78.7 Å². The molecule has 0 radical (unpaired) electrons. The van der Waals surface area contributed by atoms with E-state index < -0.39 is 126 Å². The smallest absolute Gasteiger partial charge is 0.338 e. The number of hydrogen-bond acceptors (Lipinski definition) is 18. The molecule has 2 saturated heterocycles. The second-order valence-electron chi connectivity index (χ2n) is 18.4. The predicted molar refractivity (Wildman–Crippen MR) is 287 cm³/mol. The van der Waals surface area contributed by atoms with Crippen molar-refractivity contribution in [2.75, 3.05) is 13.2 Å². The van der Waals surface area contributed by atoms with Crippen LogP contribution in [0.3, 0.4) is 0 Å². The van der Waals surface area contributed by atoms with Gasteiger partial charge >= 0.3 is 29.8 Å². The zero-order valence-corrected chi connectivity index (χ0v) is 44.9. The maximum absolute atomic E-state index is 14.6. The molecule has 3 heterocycles. The average Bonchev–Trinajstić information content (AvgIpc) is 3.53. The number of alkyl halides is 3. The number of nitrogens with one attached hydrogen (secondary N) is 1. The molecule has 0 saturated carbocycles. The molecule has 3 aliphatic heterocycles. The highest BCUT2D eigenvalue weighted by Gasteiger charge is 2.61. The van der Waals surface area contributed by atoms with Crippen LogP contribution in [0.1, 0.15) is 74.6 Å². The maximum atomic E-state index is 14.6. The second kappa shape index (κ2) is 26.1. The first-order valence-corrected chi connectivity index (χ1v) is 26.2. The average molecular weight is 1160 g/mol. The van der Waals surface area contributed by atoms with Gasteiger partial charge in [-0.1, -0.05) is 150 Å². The summed E-state index contributed by atoms with van der Waals surface area (Å²) < 4.78 is 60.5. The third-order valence-corrected chi connectivity index (χ3v) is 13.5.